The lowest BCUT2D eigenvalue weighted by Gasteiger charge is -2.27. The quantitative estimate of drug-likeness (QED) is 0.584. The number of benzene rings is 1. The molecule has 29 heavy (non-hydrogen) atoms. The number of aryl methyl sites for hydroxylation is 1. The number of carbonyl (C=O) groups is 1. The van der Waals surface area contributed by atoms with Crippen LogP contribution >= 0.6 is 0 Å². The molecule has 2 aromatic heterocycles. The number of hydrogen-bond donors (Lipinski definition) is 1. The maximum absolute atomic E-state index is 12.6. The Hall–Kier alpha value is -3.20. The second-order valence-electron chi connectivity index (χ2n) is 6.92. The van der Waals surface area contributed by atoms with Crippen LogP contribution in [-0.2, 0) is 22.5 Å². The lowest BCUT2D eigenvalue weighted by atomic mass is 10.1. The molecule has 4 rings (SSSR count). The zero-order valence-corrected chi connectivity index (χ0v) is 16.2. The van der Waals surface area contributed by atoms with Gasteiger partial charge in [0.05, 0.1) is 13.2 Å². The zero-order chi connectivity index (χ0) is 20.1. The molecule has 152 valence electrons. The van der Waals surface area contributed by atoms with Crippen LogP contribution in [0.3, 0.4) is 0 Å². The summed E-state index contributed by atoms with van der Waals surface area (Å²) >= 11 is 0. The van der Waals surface area contributed by atoms with Gasteiger partial charge in [-0.2, -0.15) is 0 Å². The normalized spacial score (nSPS) is 14.3. The third-order valence-electron chi connectivity index (χ3n) is 4.89. The van der Waals surface area contributed by atoms with Crippen molar-refractivity contribution in [1.82, 2.24) is 24.5 Å². The predicted octanol–water partition coefficient (Wildman–Crippen LogP) is 0.477. The second kappa shape index (κ2) is 8.87. The van der Waals surface area contributed by atoms with Crippen molar-refractivity contribution in [3.63, 3.8) is 0 Å². The van der Waals surface area contributed by atoms with Gasteiger partial charge in [-0.3, -0.25) is 4.79 Å². The van der Waals surface area contributed by atoms with Gasteiger partial charge in [0.2, 0.25) is 11.6 Å². The SMILES string of the molecule is O=C(Cn1nc2c(N3CCOCC3)nccn2c1=O)NCCCc1ccccc1. The molecule has 9 nitrogen and oxygen atoms in total. The van der Waals surface area contributed by atoms with Crippen molar-refractivity contribution in [1.29, 1.82) is 0 Å². The molecule has 1 amide bonds. The molecule has 0 atom stereocenters. The molecule has 1 aliphatic rings. The van der Waals surface area contributed by atoms with Crippen LogP contribution in [0, 0.1) is 0 Å². The Morgan fingerprint density at radius 3 is 2.76 bits per heavy atom. The number of hydrogen-bond acceptors (Lipinski definition) is 6. The van der Waals surface area contributed by atoms with Crippen molar-refractivity contribution in [2.75, 3.05) is 37.7 Å². The molecule has 1 aromatic carbocycles. The molecule has 1 N–H and O–H groups in total. The number of aromatic nitrogens is 4. The summed E-state index contributed by atoms with van der Waals surface area (Å²) in [5, 5.41) is 7.22. The van der Waals surface area contributed by atoms with Gasteiger partial charge in [-0.15, -0.1) is 5.10 Å². The number of carbonyl (C=O) groups excluding carboxylic acids is 1. The van der Waals surface area contributed by atoms with E-state index < -0.39 is 0 Å². The summed E-state index contributed by atoms with van der Waals surface area (Å²) in [6.07, 6.45) is 4.88. The smallest absolute Gasteiger partial charge is 0.350 e. The summed E-state index contributed by atoms with van der Waals surface area (Å²) in [6.45, 7) is 3.04. The first-order chi connectivity index (χ1) is 14.2. The minimum atomic E-state index is -0.351. The number of ether oxygens (including phenoxy) is 1. The minimum Gasteiger partial charge on any atom is -0.378 e. The number of rotatable bonds is 7. The van der Waals surface area contributed by atoms with Gasteiger partial charge in [0, 0.05) is 32.0 Å². The van der Waals surface area contributed by atoms with E-state index in [4.69, 9.17) is 4.74 Å². The molecule has 0 saturated carbocycles. The molecule has 0 radical (unpaired) electrons. The molecule has 1 fully saturated rings. The lowest BCUT2D eigenvalue weighted by Crippen LogP contribution is -2.37. The second-order valence-corrected chi connectivity index (χ2v) is 6.92. The van der Waals surface area contributed by atoms with Crippen molar-refractivity contribution >= 4 is 17.4 Å². The van der Waals surface area contributed by atoms with Crippen LogP contribution in [0.4, 0.5) is 5.82 Å². The average molecular weight is 396 g/mol. The van der Waals surface area contributed by atoms with Crippen molar-refractivity contribution < 1.29 is 9.53 Å². The Morgan fingerprint density at radius 2 is 1.97 bits per heavy atom. The first kappa shape index (κ1) is 19.1. The fraction of sp³-hybridized carbons (Fsp3) is 0.400. The number of fused-ring (bicyclic) bond motifs is 1. The monoisotopic (exact) mass is 396 g/mol. The Balaban J connectivity index is 1.39. The van der Waals surface area contributed by atoms with E-state index in [1.54, 1.807) is 12.4 Å². The molecule has 0 unspecified atom stereocenters. The molecule has 0 aliphatic carbocycles. The van der Waals surface area contributed by atoms with Crippen molar-refractivity contribution in [2.24, 2.45) is 0 Å². The molecule has 3 heterocycles. The number of nitrogens with zero attached hydrogens (tertiary/aromatic N) is 5. The van der Waals surface area contributed by atoms with E-state index in [2.05, 4.69) is 27.5 Å². The summed E-state index contributed by atoms with van der Waals surface area (Å²) in [5.74, 6) is 0.402. The van der Waals surface area contributed by atoms with Crippen molar-refractivity contribution in [3.05, 3.63) is 58.8 Å². The zero-order valence-electron chi connectivity index (χ0n) is 16.2. The van der Waals surface area contributed by atoms with E-state index in [9.17, 15) is 9.59 Å². The van der Waals surface area contributed by atoms with Crippen molar-refractivity contribution in [2.45, 2.75) is 19.4 Å². The Bertz CT molecular complexity index is 1020. The van der Waals surface area contributed by atoms with Gasteiger partial charge in [0.15, 0.2) is 5.82 Å². The standard InChI is InChI=1S/C20H24N6O3/c27-17(21-8-4-7-16-5-2-1-3-6-16)15-26-20(28)25-10-9-22-18(19(25)23-26)24-11-13-29-14-12-24/h1-3,5-6,9-10H,4,7-8,11-15H2,(H,21,27). The maximum atomic E-state index is 12.6. The Morgan fingerprint density at radius 1 is 1.17 bits per heavy atom. The molecule has 1 saturated heterocycles. The molecule has 0 spiro atoms. The molecule has 3 aromatic rings. The lowest BCUT2D eigenvalue weighted by molar-refractivity contribution is -0.121. The largest absolute Gasteiger partial charge is 0.378 e. The van der Waals surface area contributed by atoms with Gasteiger partial charge < -0.3 is 15.0 Å². The van der Waals surface area contributed by atoms with Gasteiger partial charge in [0.1, 0.15) is 6.54 Å². The van der Waals surface area contributed by atoms with Crippen molar-refractivity contribution in [3.8, 4) is 0 Å². The molecular weight excluding hydrogens is 372 g/mol. The van der Waals surface area contributed by atoms with Crippen LogP contribution in [0.1, 0.15) is 12.0 Å². The van der Waals surface area contributed by atoms with Crippen LogP contribution in [0.5, 0.6) is 0 Å². The van der Waals surface area contributed by atoms with Crippen LogP contribution in [0.2, 0.25) is 0 Å². The van der Waals surface area contributed by atoms with E-state index in [0.29, 0.717) is 44.3 Å². The highest BCUT2D eigenvalue weighted by Crippen LogP contribution is 2.16. The van der Waals surface area contributed by atoms with E-state index in [1.165, 1.54) is 14.6 Å². The highest BCUT2D eigenvalue weighted by molar-refractivity contribution is 5.75. The van der Waals surface area contributed by atoms with Gasteiger partial charge >= 0.3 is 5.69 Å². The molecular formula is C20H24N6O3. The minimum absolute atomic E-state index is 0.117. The number of anilines is 1. The molecule has 0 bridgehead atoms. The number of amides is 1. The summed E-state index contributed by atoms with van der Waals surface area (Å²) in [7, 11) is 0. The van der Waals surface area contributed by atoms with Crippen LogP contribution in [0.15, 0.2) is 47.5 Å². The third kappa shape index (κ3) is 4.45. The van der Waals surface area contributed by atoms with Crippen LogP contribution in [0.25, 0.3) is 5.65 Å². The summed E-state index contributed by atoms with van der Waals surface area (Å²) in [5.41, 5.74) is 1.34. The first-order valence-electron chi connectivity index (χ1n) is 9.80. The van der Waals surface area contributed by atoms with Crippen LogP contribution in [-0.4, -0.2) is 57.9 Å². The van der Waals surface area contributed by atoms with Crippen LogP contribution < -0.4 is 15.9 Å². The highest BCUT2D eigenvalue weighted by Gasteiger charge is 2.19. The van der Waals surface area contributed by atoms with E-state index in [-0.39, 0.29) is 18.1 Å². The van der Waals surface area contributed by atoms with E-state index >= 15 is 0 Å². The Labute approximate surface area is 167 Å². The highest BCUT2D eigenvalue weighted by atomic mass is 16.5. The maximum Gasteiger partial charge on any atom is 0.350 e. The topological polar surface area (TPSA) is 93.8 Å². The van der Waals surface area contributed by atoms with Gasteiger partial charge in [-0.05, 0) is 18.4 Å². The van der Waals surface area contributed by atoms with Gasteiger partial charge in [-0.1, -0.05) is 30.3 Å². The summed E-state index contributed by atoms with van der Waals surface area (Å²) in [4.78, 5) is 31.3. The number of nitrogens with one attached hydrogen (secondary N) is 1. The summed E-state index contributed by atoms with van der Waals surface area (Å²) < 4.78 is 7.99. The van der Waals surface area contributed by atoms with E-state index in [0.717, 1.165) is 12.8 Å². The third-order valence-corrected chi connectivity index (χ3v) is 4.89. The summed E-state index contributed by atoms with van der Waals surface area (Å²) in [6, 6.07) is 10.1. The van der Waals surface area contributed by atoms with Gasteiger partial charge in [-0.25, -0.2) is 18.9 Å². The van der Waals surface area contributed by atoms with Gasteiger partial charge in [0.25, 0.3) is 0 Å². The fourth-order valence-electron chi connectivity index (χ4n) is 3.39. The fourth-order valence-corrected chi connectivity index (χ4v) is 3.39. The van der Waals surface area contributed by atoms with E-state index in [1.807, 2.05) is 23.1 Å². The number of morpholine rings is 1. The average Bonchev–Trinajstić information content (AvgIpc) is 3.08. The molecule has 1 aliphatic heterocycles. The predicted molar refractivity (Wildman–Crippen MR) is 108 cm³/mol. The Kier molecular flexibility index (Phi) is 5.85. The molecule has 9 heteroatoms. The first-order valence-corrected chi connectivity index (χ1v) is 9.80.